The molecule has 0 radical (unpaired) electrons. The number of nitrogens with two attached hydrogens (primary N) is 1. The number of aliphatic imine (C=N–C) groups is 1. The fourth-order valence-electron chi connectivity index (χ4n) is 2.14. The number of nitrogens with zero attached hydrogens (tertiary/aromatic N) is 1. The van der Waals surface area contributed by atoms with Crippen molar-refractivity contribution in [2.24, 2.45) is 22.1 Å². The Morgan fingerprint density at radius 3 is 2.56 bits per heavy atom. The van der Waals surface area contributed by atoms with Crippen molar-refractivity contribution in [3.63, 3.8) is 0 Å². The minimum atomic E-state index is -0.245. The molecule has 4 nitrogen and oxygen atoms in total. The first-order chi connectivity index (χ1) is 7.53. The highest BCUT2D eigenvalue weighted by atomic mass is 16.3. The van der Waals surface area contributed by atoms with Crippen LogP contribution in [-0.2, 0) is 0 Å². The first-order valence-corrected chi connectivity index (χ1v) is 6.28. The lowest BCUT2D eigenvalue weighted by molar-refractivity contribution is 0.0549. The van der Waals surface area contributed by atoms with Gasteiger partial charge in [-0.25, -0.2) is 0 Å². The average Bonchev–Trinajstić information content (AvgIpc) is 3.09. The van der Waals surface area contributed by atoms with Gasteiger partial charge in [0.2, 0.25) is 0 Å². The van der Waals surface area contributed by atoms with Crippen LogP contribution in [0.15, 0.2) is 4.99 Å². The van der Waals surface area contributed by atoms with Crippen molar-refractivity contribution in [1.82, 2.24) is 5.32 Å². The van der Waals surface area contributed by atoms with Crippen molar-refractivity contribution in [2.75, 3.05) is 6.54 Å². The molecule has 1 unspecified atom stereocenters. The van der Waals surface area contributed by atoms with E-state index in [1.54, 1.807) is 0 Å². The van der Waals surface area contributed by atoms with Crippen molar-refractivity contribution in [2.45, 2.75) is 51.7 Å². The Hall–Kier alpha value is -0.770. The first-order valence-electron chi connectivity index (χ1n) is 6.28. The van der Waals surface area contributed by atoms with Gasteiger partial charge in [0.1, 0.15) is 0 Å². The summed E-state index contributed by atoms with van der Waals surface area (Å²) >= 11 is 0. The van der Waals surface area contributed by atoms with Gasteiger partial charge in [0.05, 0.1) is 12.6 Å². The fourth-order valence-corrected chi connectivity index (χ4v) is 2.14. The molecule has 0 saturated heterocycles. The summed E-state index contributed by atoms with van der Waals surface area (Å²) < 4.78 is 0. The van der Waals surface area contributed by atoms with Gasteiger partial charge in [-0.15, -0.1) is 0 Å². The molecular formula is C12H23N3O. The third-order valence-electron chi connectivity index (χ3n) is 3.64. The summed E-state index contributed by atoms with van der Waals surface area (Å²) in [4.78, 5) is 4.37. The minimum absolute atomic E-state index is 0.0179. The summed E-state index contributed by atoms with van der Waals surface area (Å²) in [5, 5.41) is 13.3. The van der Waals surface area contributed by atoms with Crippen LogP contribution in [0.5, 0.6) is 0 Å². The molecule has 0 bridgehead atoms. The van der Waals surface area contributed by atoms with Crippen molar-refractivity contribution < 1.29 is 5.11 Å². The van der Waals surface area contributed by atoms with E-state index in [0.29, 0.717) is 24.5 Å². The van der Waals surface area contributed by atoms with Crippen LogP contribution >= 0.6 is 0 Å². The lowest BCUT2D eigenvalue weighted by atomic mass is 9.90. The number of hydrogen-bond donors (Lipinski definition) is 3. The average molecular weight is 225 g/mol. The number of rotatable bonds is 5. The van der Waals surface area contributed by atoms with Crippen LogP contribution in [-0.4, -0.2) is 29.8 Å². The van der Waals surface area contributed by atoms with Gasteiger partial charge in [-0.05, 0) is 31.6 Å². The highest BCUT2D eigenvalue weighted by Gasteiger charge is 2.49. The summed E-state index contributed by atoms with van der Waals surface area (Å²) in [7, 11) is 0. The van der Waals surface area contributed by atoms with E-state index in [2.05, 4.69) is 24.2 Å². The van der Waals surface area contributed by atoms with Crippen LogP contribution in [0.3, 0.4) is 0 Å². The summed E-state index contributed by atoms with van der Waals surface area (Å²) in [5.74, 6) is 0.847. The maximum Gasteiger partial charge on any atom is 0.188 e. The fraction of sp³-hybridized carbons (Fsp3) is 0.917. The van der Waals surface area contributed by atoms with E-state index in [4.69, 9.17) is 5.73 Å². The molecule has 16 heavy (non-hydrogen) atoms. The second-order valence-electron chi connectivity index (χ2n) is 5.67. The van der Waals surface area contributed by atoms with Crippen molar-refractivity contribution in [3.8, 4) is 0 Å². The van der Waals surface area contributed by atoms with E-state index in [0.717, 1.165) is 12.8 Å². The molecule has 0 heterocycles. The molecule has 2 saturated carbocycles. The molecular weight excluding hydrogens is 202 g/mol. The van der Waals surface area contributed by atoms with E-state index >= 15 is 0 Å². The third-order valence-corrected chi connectivity index (χ3v) is 3.64. The van der Waals surface area contributed by atoms with Gasteiger partial charge in [-0.1, -0.05) is 13.8 Å². The zero-order valence-electron chi connectivity index (χ0n) is 10.2. The molecule has 1 atom stereocenters. The maximum absolute atomic E-state index is 10.1. The number of hydrogen-bond acceptors (Lipinski definition) is 2. The van der Waals surface area contributed by atoms with Crippen LogP contribution in [0.2, 0.25) is 0 Å². The molecule has 0 aromatic carbocycles. The predicted octanol–water partition coefficient (Wildman–Crippen LogP) is 0.850. The van der Waals surface area contributed by atoms with Gasteiger partial charge >= 0.3 is 0 Å². The summed E-state index contributed by atoms with van der Waals surface area (Å²) in [5.41, 5.74) is 5.80. The van der Waals surface area contributed by atoms with Gasteiger partial charge in [-0.2, -0.15) is 0 Å². The van der Waals surface area contributed by atoms with Crippen molar-refractivity contribution in [3.05, 3.63) is 0 Å². The number of aliphatic hydroxyl groups is 1. The summed E-state index contributed by atoms with van der Waals surface area (Å²) in [6, 6.07) is 0.550. The second-order valence-corrected chi connectivity index (χ2v) is 5.67. The topological polar surface area (TPSA) is 70.6 Å². The standard InChI is InChI=1S/C12H23N3O/c1-8(2)10(16)12(5-6-12)7-14-11(13)15-9-3-4-9/h8-10,16H,3-7H2,1-2H3,(H3,13,14,15). The maximum atomic E-state index is 10.1. The highest BCUT2D eigenvalue weighted by molar-refractivity contribution is 5.78. The van der Waals surface area contributed by atoms with Crippen LogP contribution in [0.1, 0.15) is 39.5 Å². The van der Waals surface area contributed by atoms with E-state index in [-0.39, 0.29) is 11.5 Å². The molecule has 0 aromatic rings. The first kappa shape index (κ1) is 11.7. The lowest BCUT2D eigenvalue weighted by Gasteiger charge is -2.23. The van der Waals surface area contributed by atoms with Crippen molar-refractivity contribution in [1.29, 1.82) is 0 Å². The van der Waals surface area contributed by atoms with E-state index in [1.165, 1.54) is 12.8 Å². The van der Waals surface area contributed by atoms with Gasteiger partial charge in [0.25, 0.3) is 0 Å². The Morgan fingerprint density at radius 2 is 2.12 bits per heavy atom. The Balaban J connectivity index is 1.83. The molecule has 2 aliphatic carbocycles. The molecule has 92 valence electrons. The minimum Gasteiger partial charge on any atom is -0.392 e. The molecule has 4 N–H and O–H groups in total. The molecule has 0 aromatic heterocycles. The molecule has 4 heteroatoms. The Labute approximate surface area is 97.3 Å². The van der Waals surface area contributed by atoms with Gasteiger partial charge in [-0.3, -0.25) is 4.99 Å². The zero-order chi connectivity index (χ0) is 11.8. The molecule has 0 aliphatic heterocycles. The van der Waals surface area contributed by atoms with E-state index in [1.807, 2.05) is 0 Å². The predicted molar refractivity (Wildman–Crippen MR) is 65.2 cm³/mol. The van der Waals surface area contributed by atoms with Crippen LogP contribution < -0.4 is 11.1 Å². The molecule has 2 fully saturated rings. The van der Waals surface area contributed by atoms with E-state index in [9.17, 15) is 5.11 Å². The van der Waals surface area contributed by atoms with Crippen molar-refractivity contribution >= 4 is 5.96 Å². The summed E-state index contributed by atoms with van der Waals surface area (Å²) in [6.45, 7) is 4.78. The van der Waals surface area contributed by atoms with Gasteiger partial charge < -0.3 is 16.2 Å². The lowest BCUT2D eigenvalue weighted by Crippen LogP contribution is -2.36. The normalized spacial score (nSPS) is 25.6. The SMILES string of the molecule is CC(C)C(O)C1(CN=C(N)NC2CC2)CC1. The molecule has 2 rings (SSSR count). The Bertz CT molecular complexity index is 280. The van der Waals surface area contributed by atoms with Gasteiger partial charge in [0.15, 0.2) is 5.96 Å². The molecule has 2 aliphatic rings. The third kappa shape index (κ3) is 2.67. The summed E-state index contributed by atoms with van der Waals surface area (Å²) in [6.07, 6.45) is 4.32. The second kappa shape index (κ2) is 4.24. The van der Waals surface area contributed by atoms with Crippen LogP contribution in [0.4, 0.5) is 0 Å². The largest absolute Gasteiger partial charge is 0.392 e. The molecule has 0 spiro atoms. The van der Waals surface area contributed by atoms with Gasteiger partial charge in [0, 0.05) is 11.5 Å². The van der Waals surface area contributed by atoms with Crippen LogP contribution in [0.25, 0.3) is 0 Å². The smallest absolute Gasteiger partial charge is 0.188 e. The number of nitrogens with one attached hydrogen (secondary N) is 1. The zero-order valence-corrected chi connectivity index (χ0v) is 10.2. The number of aliphatic hydroxyl groups excluding tert-OH is 1. The Kier molecular flexibility index (Phi) is 3.10. The van der Waals surface area contributed by atoms with Crippen LogP contribution in [0, 0.1) is 11.3 Å². The van der Waals surface area contributed by atoms with E-state index < -0.39 is 0 Å². The highest BCUT2D eigenvalue weighted by Crippen LogP contribution is 2.50. The quantitative estimate of drug-likeness (QED) is 0.480. The number of guanidine groups is 1. The molecule has 0 amide bonds. The monoisotopic (exact) mass is 225 g/mol. The Morgan fingerprint density at radius 1 is 1.50 bits per heavy atom.